The van der Waals surface area contributed by atoms with Crippen LogP contribution in [0.1, 0.15) is 39.2 Å². The maximum atomic E-state index is 13.0. The highest BCUT2D eigenvalue weighted by Gasteiger charge is 2.24. The van der Waals surface area contributed by atoms with E-state index in [4.69, 9.17) is 0 Å². The molecule has 0 fully saturated rings. The number of benzene rings is 2. The number of anilines is 1. The molecule has 0 aliphatic rings. The molecular weight excluding hydrogens is 370 g/mol. The van der Waals surface area contributed by atoms with Crippen molar-refractivity contribution in [3.8, 4) is 5.69 Å². The van der Waals surface area contributed by atoms with Gasteiger partial charge in [-0.25, -0.2) is 0 Å². The van der Waals surface area contributed by atoms with Crippen LogP contribution in [-0.4, -0.2) is 37.9 Å². The van der Waals surface area contributed by atoms with Crippen molar-refractivity contribution in [2.24, 2.45) is 0 Å². The fraction of sp³-hybridized carbons (Fsp3) is 0.333. The molecule has 1 unspecified atom stereocenters. The van der Waals surface area contributed by atoms with Crippen LogP contribution in [0, 0.1) is 0 Å². The quantitative estimate of drug-likeness (QED) is 0.558. The zero-order valence-corrected chi connectivity index (χ0v) is 17.4. The fourth-order valence-electron chi connectivity index (χ4n) is 2.92. The van der Waals surface area contributed by atoms with Crippen molar-refractivity contribution in [1.82, 2.24) is 20.2 Å². The molecule has 0 bridgehead atoms. The summed E-state index contributed by atoms with van der Waals surface area (Å²) in [5.74, 6) is 0.496. The first-order valence-corrected chi connectivity index (χ1v) is 10.3. The monoisotopic (exact) mass is 395 g/mol. The van der Waals surface area contributed by atoms with Crippen molar-refractivity contribution < 1.29 is 4.79 Å². The van der Waals surface area contributed by atoms with Crippen LogP contribution in [0.5, 0.6) is 0 Å². The molecule has 1 aromatic heterocycles. The smallest absolute Gasteiger partial charge is 0.240 e. The van der Waals surface area contributed by atoms with Crippen LogP contribution < -0.4 is 4.90 Å². The highest BCUT2D eigenvalue weighted by Crippen LogP contribution is 2.26. The molecule has 0 aliphatic heterocycles. The van der Waals surface area contributed by atoms with Gasteiger partial charge in [0.15, 0.2) is 0 Å². The molecule has 0 N–H and O–H groups in total. The van der Waals surface area contributed by atoms with Gasteiger partial charge >= 0.3 is 0 Å². The van der Waals surface area contributed by atoms with E-state index in [1.165, 1.54) is 17.3 Å². The second-order valence-electron chi connectivity index (χ2n) is 6.80. The average molecular weight is 396 g/mol. The average Bonchev–Trinajstić information content (AvgIpc) is 3.17. The first-order chi connectivity index (χ1) is 13.5. The maximum absolute atomic E-state index is 13.0. The van der Waals surface area contributed by atoms with E-state index >= 15 is 0 Å². The summed E-state index contributed by atoms with van der Waals surface area (Å²) in [6.07, 6.45) is 0. The van der Waals surface area contributed by atoms with E-state index < -0.39 is 0 Å². The minimum absolute atomic E-state index is 0.0309. The second-order valence-corrected chi connectivity index (χ2v) is 8.11. The van der Waals surface area contributed by atoms with Crippen LogP contribution in [0.4, 0.5) is 5.69 Å². The van der Waals surface area contributed by atoms with Crippen LogP contribution in [0.2, 0.25) is 0 Å². The number of rotatable bonds is 7. The molecule has 3 rings (SSSR count). The van der Waals surface area contributed by atoms with Crippen molar-refractivity contribution in [2.45, 2.75) is 44.0 Å². The Morgan fingerprint density at radius 2 is 1.75 bits per heavy atom. The van der Waals surface area contributed by atoms with Crippen molar-refractivity contribution >= 4 is 23.4 Å². The largest absolute Gasteiger partial charge is 0.312 e. The third-order valence-electron chi connectivity index (χ3n) is 4.53. The molecule has 1 heterocycles. The Labute approximate surface area is 169 Å². The summed E-state index contributed by atoms with van der Waals surface area (Å²) in [7, 11) is 0. The molecule has 1 amide bonds. The van der Waals surface area contributed by atoms with E-state index in [0.29, 0.717) is 17.6 Å². The molecule has 6 nitrogen and oxygen atoms in total. The number of carbonyl (C=O) groups excluding carboxylic acids is 1. The van der Waals surface area contributed by atoms with Crippen LogP contribution in [0.3, 0.4) is 0 Å². The predicted octanol–water partition coefficient (Wildman–Crippen LogP) is 4.32. The first kappa shape index (κ1) is 20.1. The van der Waals surface area contributed by atoms with E-state index in [1.807, 2.05) is 56.3 Å². The Kier molecular flexibility index (Phi) is 6.46. The molecule has 1 atom stereocenters. The number of tetrazole rings is 1. The van der Waals surface area contributed by atoms with Crippen LogP contribution >= 0.6 is 11.8 Å². The van der Waals surface area contributed by atoms with E-state index in [0.717, 1.165) is 11.4 Å². The van der Waals surface area contributed by atoms with Gasteiger partial charge < -0.3 is 4.90 Å². The van der Waals surface area contributed by atoms with Gasteiger partial charge in [0, 0.05) is 12.2 Å². The van der Waals surface area contributed by atoms with Gasteiger partial charge in [-0.1, -0.05) is 55.9 Å². The summed E-state index contributed by atoms with van der Waals surface area (Å²) < 4.78 is 1.68. The lowest BCUT2D eigenvalue weighted by Crippen LogP contribution is -2.36. The molecule has 7 heteroatoms. The summed E-state index contributed by atoms with van der Waals surface area (Å²) in [6, 6.07) is 17.9. The van der Waals surface area contributed by atoms with Gasteiger partial charge in [-0.05, 0) is 60.0 Å². The summed E-state index contributed by atoms with van der Waals surface area (Å²) in [5, 5.41) is 12.3. The first-order valence-electron chi connectivity index (χ1n) is 9.43. The topological polar surface area (TPSA) is 63.9 Å². The Morgan fingerprint density at radius 3 is 2.36 bits per heavy atom. The van der Waals surface area contributed by atoms with Gasteiger partial charge in [-0.2, -0.15) is 4.68 Å². The second kappa shape index (κ2) is 9.01. The van der Waals surface area contributed by atoms with E-state index in [2.05, 4.69) is 41.5 Å². The molecule has 3 aromatic rings. The van der Waals surface area contributed by atoms with Crippen LogP contribution in [0.25, 0.3) is 5.69 Å². The lowest BCUT2D eigenvalue weighted by atomic mass is 10.0. The fourth-order valence-corrected chi connectivity index (χ4v) is 3.79. The number of para-hydroxylation sites is 1. The number of amides is 1. The third-order valence-corrected chi connectivity index (χ3v) is 5.55. The van der Waals surface area contributed by atoms with Gasteiger partial charge in [0.2, 0.25) is 11.1 Å². The van der Waals surface area contributed by atoms with E-state index in [1.54, 1.807) is 9.58 Å². The molecule has 28 heavy (non-hydrogen) atoms. The standard InChI is InChI=1S/C21H25N5OS/c1-5-25(18-9-7-6-8-10-18)20(27)16(4)28-21-22-23-24-26(21)19-13-11-17(12-14-19)15(2)3/h6-16H,5H2,1-4H3. The van der Waals surface area contributed by atoms with Gasteiger partial charge in [-0.15, -0.1) is 5.10 Å². The highest BCUT2D eigenvalue weighted by molar-refractivity contribution is 8.00. The van der Waals surface area contributed by atoms with Crippen molar-refractivity contribution in [3.63, 3.8) is 0 Å². The van der Waals surface area contributed by atoms with Crippen molar-refractivity contribution in [1.29, 1.82) is 0 Å². The van der Waals surface area contributed by atoms with Gasteiger partial charge in [0.1, 0.15) is 0 Å². The van der Waals surface area contributed by atoms with Gasteiger partial charge in [0.05, 0.1) is 10.9 Å². The lowest BCUT2D eigenvalue weighted by Gasteiger charge is -2.24. The molecule has 2 aromatic carbocycles. The van der Waals surface area contributed by atoms with Crippen LogP contribution in [-0.2, 0) is 4.79 Å². The predicted molar refractivity (Wildman–Crippen MR) is 113 cm³/mol. The Balaban J connectivity index is 1.77. The van der Waals surface area contributed by atoms with E-state index in [9.17, 15) is 4.79 Å². The molecular formula is C21H25N5OS. The Hall–Kier alpha value is -2.67. The zero-order chi connectivity index (χ0) is 20.1. The molecule has 0 saturated heterocycles. The number of carbonyl (C=O) groups is 1. The molecule has 146 valence electrons. The third kappa shape index (κ3) is 4.42. The van der Waals surface area contributed by atoms with Gasteiger partial charge in [-0.3, -0.25) is 4.79 Å². The van der Waals surface area contributed by atoms with E-state index in [-0.39, 0.29) is 11.2 Å². The van der Waals surface area contributed by atoms with Gasteiger partial charge in [0.25, 0.3) is 0 Å². The summed E-state index contributed by atoms with van der Waals surface area (Å²) in [6.45, 7) is 8.79. The minimum Gasteiger partial charge on any atom is -0.312 e. The highest BCUT2D eigenvalue weighted by atomic mass is 32.2. The Morgan fingerprint density at radius 1 is 1.07 bits per heavy atom. The lowest BCUT2D eigenvalue weighted by molar-refractivity contribution is -0.117. The van der Waals surface area contributed by atoms with Crippen LogP contribution in [0.15, 0.2) is 59.8 Å². The number of hydrogen-bond acceptors (Lipinski definition) is 5. The SMILES string of the molecule is CCN(C(=O)C(C)Sc1nnnn1-c1ccc(C(C)C)cc1)c1ccccc1. The number of thioether (sulfide) groups is 1. The van der Waals surface area contributed by atoms with Crippen molar-refractivity contribution in [2.75, 3.05) is 11.4 Å². The molecule has 0 aliphatic carbocycles. The Bertz CT molecular complexity index is 908. The summed E-state index contributed by atoms with van der Waals surface area (Å²) in [4.78, 5) is 14.8. The maximum Gasteiger partial charge on any atom is 0.240 e. The normalized spacial score (nSPS) is 12.2. The van der Waals surface area contributed by atoms with Crippen molar-refractivity contribution in [3.05, 3.63) is 60.2 Å². The number of aromatic nitrogens is 4. The number of hydrogen-bond donors (Lipinski definition) is 0. The molecule has 0 radical (unpaired) electrons. The zero-order valence-electron chi connectivity index (χ0n) is 16.6. The molecule has 0 spiro atoms. The number of nitrogens with zero attached hydrogens (tertiary/aromatic N) is 5. The summed E-state index contributed by atoms with van der Waals surface area (Å²) >= 11 is 1.36. The molecule has 0 saturated carbocycles. The summed E-state index contributed by atoms with van der Waals surface area (Å²) in [5.41, 5.74) is 3.04. The minimum atomic E-state index is -0.320.